The summed E-state index contributed by atoms with van der Waals surface area (Å²) in [5, 5.41) is 2.54. The Morgan fingerprint density at radius 2 is 1.71 bits per heavy atom. The summed E-state index contributed by atoms with van der Waals surface area (Å²) in [4.78, 5) is 35.1. The molecule has 1 saturated heterocycles. The van der Waals surface area contributed by atoms with E-state index in [9.17, 15) is 9.59 Å². The molecule has 0 saturated carbocycles. The Bertz CT molecular complexity index is 1120. The van der Waals surface area contributed by atoms with Crippen LogP contribution in [0.25, 0.3) is 0 Å². The van der Waals surface area contributed by atoms with Crippen LogP contribution in [0.15, 0.2) is 67.0 Å². The number of hydrogen-bond acceptors (Lipinski definition) is 8. The normalized spacial score (nSPS) is 15.2. The van der Waals surface area contributed by atoms with Crippen LogP contribution in [0.1, 0.15) is 40.5 Å². The number of nitrogens with one attached hydrogen (secondary N) is 1. The van der Waals surface area contributed by atoms with Crippen LogP contribution in [0, 0.1) is 0 Å². The maximum absolute atomic E-state index is 12.4. The molecule has 9 nitrogen and oxygen atoms in total. The molecule has 0 aliphatic carbocycles. The topological polar surface area (TPSA) is 103 Å². The molecule has 1 amide bonds. The minimum atomic E-state index is -0.511. The van der Waals surface area contributed by atoms with E-state index >= 15 is 0 Å². The van der Waals surface area contributed by atoms with Crippen molar-refractivity contribution in [2.45, 2.75) is 25.9 Å². The molecule has 0 bridgehead atoms. The van der Waals surface area contributed by atoms with Crippen LogP contribution in [0.4, 0.5) is 5.95 Å². The SMILES string of the molecule is CCOc1ccccc1OC1CCCN(c2ncc(C(=O)NCOC(=O)c3ccccc3)cn2)C1. The van der Waals surface area contributed by atoms with Crippen LogP contribution in [0.5, 0.6) is 11.5 Å². The van der Waals surface area contributed by atoms with Crippen molar-refractivity contribution in [3.63, 3.8) is 0 Å². The number of hydrogen-bond donors (Lipinski definition) is 1. The van der Waals surface area contributed by atoms with Crippen molar-refractivity contribution in [2.24, 2.45) is 0 Å². The Labute approximate surface area is 204 Å². The monoisotopic (exact) mass is 476 g/mol. The van der Waals surface area contributed by atoms with Crippen molar-refractivity contribution in [1.82, 2.24) is 15.3 Å². The zero-order valence-corrected chi connectivity index (χ0v) is 19.6. The van der Waals surface area contributed by atoms with Gasteiger partial charge in [0.2, 0.25) is 5.95 Å². The van der Waals surface area contributed by atoms with Crippen molar-refractivity contribution < 1.29 is 23.8 Å². The Kier molecular flexibility index (Phi) is 8.11. The van der Waals surface area contributed by atoms with Gasteiger partial charge in [-0.3, -0.25) is 4.79 Å². The van der Waals surface area contributed by atoms with Crippen LogP contribution in [-0.4, -0.2) is 54.4 Å². The van der Waals surface area contributed by atoms with Crippen molar-refractivity contribution in [3.8, 4) is 11.5 Å². The average Bonchev–Trinajstić information content (AvgIpc) is 2.90. The van der Waals surface area contributed by atoms with E-state index in [0.717, 1.165) is 30.9 Å². The number of aromatic nitrogens is 2. The van der Waals surface area contributed by atoms with E-state index in [1.807, 2.05) is 36.1 Å². The minimum absolute atomic E-state index is 0.0313. The maximum Gasteiger partial charge on any atom is 0.339 e. The molecule has 2 heterocycles. The molecule has 1 aliphatic heterocycles. The first-order valence-corrected chi connectivity index (χ1v) is 11.6. The van der Waals surface area contributed by atoms with E-state index in [1.165, 1.54) is 12.4 Å². The lowest BCUT2D eigenvalue weighted by atomic mass is 10.1. The van der Waals surface area contributed by atoms with Gasteiger partial charge in [0.15, 0.2) is 18.2 Å². The average molecular weight is 477 g/mol. The number of carbonyl (C=O) groups excluding carboxylic acids is 2. The van der Waals surface area contributed by atoms with Gasteiger partial charge in [0.25, 0.3) is 5.91 Å². The lowest BCUT2D eigenvalue weighted by molar-refractivity contribution is 0.0463. The van der Waals surface area contributed by atoms with Gasteiger partial charge >= 0.3 is 5.97 Å². The largest absolute Gasteiger partial charge is 0.490 e. The molecule has 35 heavy (non-hydrogen) atoms. The molecule has 0 radical (unpaired) electrons. The first-order chi connectivity index (χ1) is 17.1. The van der Waals surface area contributed by atoms with Gasteiger partial charge in [-0.25, -0.2) is 14.8 Å². The smallest absolute Gasteiger partial charge is 0.339 e. The summed E-state index contributed by atoms with van der Waals surface area (Å²) in [6.45, 7) is 3.69. The molecule has 1 atom stereocenters. The van der Waals surface area contributed by atoms with Crippen LogP contribution in [0.2, 0.25) is 0 Å². The molecule has 1 unspecified atom stereocenters. The fourth-order valence-electron chi connectivity index (χ4n) is 3.75. The highest BCUT2D eigenvalue weighted by Crippen LogP contribution is 2.29. The maximum atomic E-state index is 12.4. The van der Waals surface area contributed by atoms with Crippen LogP contribution >= 0.6 is 0 Å². The number of benzene rings is 2. The number of carbonyl (C=O) groups is 2. The quantitative estimate of drug-likeness (QED) is 0.370. The lowest BCUT2D eigenvalue weighted by Gasteiger charge is -2.33. The minimum Gasteiger partial charge on any atom is -0.490 e. The molecular weight excluding hydrogens is 448 g/mol. The predicted molar refractivity (Wildman–Crippen MR) is 130 cm³/mol. The first kappa shape index (κ1) is 24.0. The van der Waals surface area contributed by atoms with Gasteiger partial charge in [0, 0.05) is 18.9 Å². The number of ether oxygens (including phenoxy) is 3. The Morgan fingerprint density at radius 1 is 1.00 bits per heavy atom. The number of para-hydroxylation sites is 2. The van der Waals surface area contributed by atoms with Gasteiger partial charge in [-0.05, 0) is 44.0 Å². The number of anilines is 1. The Balaban J connectivity index is 1.29. The fraction of sp³-hybridized carbons (Fsp3) is 0.308. The van der Waals surface area contributed by atoms with Gasteiger partial charge in [0.05, 0.1) is 24.3 Å². The lowest BCUT2D eigenvalue weighted by Crippen LogP contribution is -2.42. The molecule has 1 N–H and O–H groups in total. The standard InChI is InChI=1S/C26H28N4O5/c1-2-33-22-12-6-7-13-23(22)35-21-11-8-14-30(17-21)26-27-15-20(16-28-26)24(31)29-18-34-25(32)19-9-4-3-5-10-19/h3-7,9-10,12-13,15-16,21H,2,8,11,14,17-18H2,1H3,(H,29,31). The fourth-order valence-corrected chi connectivity index (χ4v) is 3.75. The third kappa shape index (κ3) is 6.47. The molecule has 4 rings (SSSR count). The molecule has 3 aromatic rings. The molecule has 0 spiro atoms. The van der Waals surface area contributed by atoms with Crippen molar-refractivity contribution in [1.29, 1.82) is 0 Å². The highest BCUT2D eigenvalue weighted by Gasteiger charge is 2.24. The number of rotatable bonds is 9. The summed E-state index contributed by atoms with van der Waals surface area (Å²) >= 11 is 0. The van der Waals surface area contributed by atoms with Gasteiger partial charge < -0.3 is 24.4 Å². The third-order valence-electron chi connectivity index (χ3n) is 5.45. The number of piperidine rings is 1. The van der Waals surface area contributed by atoms with Crippen molar-refractivity contribution >= 4 is 17.8 Å². The van der Waals surface area contributed by atoms with E-state index in [1.54, 1.807) is 30.3 Å². The molecule has 1 aromatic heterocycles. The number of amides is 1. The van der Waals surface area contributed by atoms with Crippen LogP contribution in [0.3, 0.4) is 0 Å². The van der Waals surface area contributed by atoms with E-state index in [4.69, 9.17) is 14.2 Å². The van der Waals surface area contributed by atoms with E-state index < -0.39 is 11.9 Å². The van der Waals surface area contributed by atoms with E-state index in [2.05, 4.69) is 15.3 Å². The van der Waals surface area contributed by atoms with Crippen LogP contribution < -0.4 is 19.7 Å². The molecule has 1 aliphatic rings. The molecule has 182 valence electrons. The van der Waals surface area contributed by atoms with Crippen molar-refractivity contribution in [3.05, 3.63) is 78.1 Å². The summed E-state index contributed by atoms with van der Waals surface area (Å²) in [6.07, 6.45) is 4.74. The van der Waals surface area contributed by atoms with E-state index in [-0.39, 0.29) is 18.4 Å². The van der Waals surface area contributed by atoms with Gasteiger partial charge in [-0.15, -0.1) is 0 Å². The molecule has 1 fully saturated rings. The summed E-state index contributed by atoms with van der Waals surface area (Å²) in [5.41, 5.74) is 0.694. The van der Waals surface area contributed by atoms with E-state index in [0.29, 0.717) is 24.7 Å². The Hall–Kier alpha value is -4.14. The second-order valence-corrected chi connectivity index (χ2v) is 7.93. The third-order valence-corrected chi connectivity index (χ3v) is 5.45. The molecular formula is C26H28N4O5. The number of nitrogens with zero attached hydrogens (tertiary/aromatic N) is 3. The van der Waals surface area contributed by atoms with Crippen molar-refractivity contribution in [2.75, 3.05) is 31.3 Å². The number of esters is 1. The molecule has 2 aromatic carbocycles. The van der Waals surface area contributed by atoms with Gasteiger partial charge in [0.1, 0.15) is 6.10 Å². The summed E-state index contributed by atoms with van der Waals surface area (Å²) in [5.74, 6) is 1.05. The zero-order valence-electron chi connectivity index (χ0n) is 19.6. The Morgan fingerprint density at radius 3 is 2.46 bits per heavy atom. The second-order valence-electron chi connectivity index (χ2n) is 7.93. The highest BCUT2D eigenvalue weighted by atomic mass is 16.5. The van der Waals surface area contributed by atoms with Gasteiger partial charge in [-0.1, -0.05) is 30.3 Å². The van der Waals surface area contributed by atoms with Gasteiger partial charge in [-0.2, -0.15) is 0 Å². The summed E-state index contributed by atoms with van der Waals surface area (Å²) in [7, 11) is 0. The highest BCUT2D eigenvalue weighted by molar-refractivity contribution is 5.94. The predicted octanol–water partition coefficient (Wildman–Crippen LogP) is 3.47. The first-order valence-electron chi connectivity index (χ1n) is 11.6. The second kappa shape index (κ2) is 11.8. The molecule has 9 heteroatoms. The van der Waals surface area contributed by atoms with Crippen LogP contribution in [-0.2, 0) is 4.74 Å². The summed E-state index contributed by atoms with van der Waals surface area (Å²) in [6, 6.07) is 16.2. The zero-order chi connectivity index (χ0) is 24.5. The summed E-state index contributed by atoms with van der Waals surface area (Å²) < 4.78 is 17.0.